The first kappa shape index (κ1) is 29.5. The fourth-order valence-corrected chi connectivity index (χ4v) is 3.76. The lowest BCUT2D eigenvalue weighted by Crippen LogP contribution is -2.52. The van der Waals surface area contributed by atoms with Crippen LogP contribution in [0.1, 0.15) is 96.4 Å². The average molecular weight is 476 g/mol. The number of nitrogens with zero attached hydrogens (tertiary/aromatic N) is 1. The van der Waals surface area contributed by atoms with Crippen LogP contribution in [0.5, 0.6) is 0 Å². The molecule has 7 nitrogen and oxygen atoms in total. The Hall–Kier alpha value is -2.57. The van der Waals surface area contributed by atoms with E-state index in [-0.39, 0.29) is 11.8 Å². The summed E-state index contributed by atoms with van der Waals surface area (Å²) in [5.41, 5.74) is 2.17. The van der Waals surface area contributed by atoms with Crippen molar-refractivity contribution < 1.29 is 19.1 Å². The van der Waals surface area contributed by atoms with Crippen molar-refractivity contribution >= 4 is 17.9 Å². The molecule has 2 atom stereocenters. The summed E-state index contributed by atoms with van der Waals surface area (Å²) in [6.45, 7) is 16.0. The van der Waals surface area contributed by atoms with Gasteiger partial charge in [-0.3, -0.25) is 9.59 Å². The zero-order valence-electron chi connectivity index (χ0n) is 22.4. The minimum atomic E-state index is -0.840. The summed E-state index contributed by atoms with van der Waals surface area (Å²) < 4.78 is 5.32. The summed E-state index contributed by atoms with van der Waals surface area (Å²) in [5, 5.41) is 5.67. The van der Waals surface area contributed by atoms with Gasteiger partial charge in [0.25, 0.3) is 0 Å². The standard InChI is InChI=1S/C27H45N3O4/c1-9-11-13-16-28-24(31)23(22-15-14-19(3)18-20(22)4)30(17-12-10-2)25(32)21(5)29-26(33)34-27(6,7)8/h14-15,18,21,23H,9-13,16-17H2,1-8H3,(H,28,31)(H,29,33). The minimum Gasteiger partial charge on any atom is -0.444 e. The van der Waals surface area contributed by atoms with E-state index in [4.69, 9.17) is 4.74 Å². The van der Waals surface area contributed by atoms with Crippen LogP contribution in [-0.2, 0) is 14.3 Å². The third-order valence-electron chi connectivity index (χ3n) is 5.50. The number of hydrogen-bond acceptors (Lipinski definition) is 4. The second-order valence-electron chi connectivity index (χ2n) is 10.0. The van der Waals surface area contributed by atoms with E-state index in [9.17, 15) is 14.4 Å². The minimum absolute atomic E-state index is 0.197. The first-order valence-corrected chi connectivity index (χ1v) is 12.6. The van der Waals surface area contributed by atoms with Gasteiger partial charge in [0.2, 0.25) is 11.8 Å². The van der Waals surface area contributed by atoms with Crippen molar-refractivity contribution in [1.82, 2.24) is 15.5 Å². The molecule has 0 bridgehead atoms. The lowest BCUT2D eigenvalue weighted by molar-refractivity contribution is -0.142. The highest BCUT2D eigenvalue weighted by Gasteiger charge is 2.35. The van der Waals surface area contributed by atoms with Gasteiger partial charge in [0.05, 0.1) is 0 Å². The van der Waals surface area contributed by atoms with Crippen molar-refractivity contribution in [2.75, 3.05) is 13.1 Å². The van der Waals surface area contributed by atoms with Gasteiger partial charge < -0.3 is 20.3 Å². The number of nitrogens with one attached hydrogen (secondary N) is 2. The number of hydrogen-bond donors (Lipinski definition) is 2. The molecule has 1 aromatic rings. The number of carbonyl (C=O) groups excluding carboxylic acids is 3. The summed E-state index contributed by atoms with van der Waals surface area (Å²) in [7, 11) is 0. The van der Waals surface area contributed by atoms with Crippen LogP contribution in [0.25, 0.3) is 0 Å². The first-order chi connectivity index (χ1) is 15.9. The van der Waals surface area contributed by atoms with Crippen molar-refractivity contribution in [1.29, 1.82) is 0 Å². The first-order valence-electron chi connectivity index (χ1n) is 12.6. The Morgan fingerprint density at radius 3 is 2.24 bits per heavy atom. The van der Waals surface area contributed by atoms with Gasteiger partial charge in [-0.15, -0.1) is 0 Å². The molecule has 0 spiro atoms. The molecule has 0 saturated heterocycles. The van der Waals surface area contributed by atoms with E-state index in [0.717, 1.165) is 48.8 Å². The summed E-state index contributed by atoms with van der Waals surface area (Å²) in [6, 6.07) is 4.30. The van der Waals surface area contributed by atoms with Crippen LogP contribution in [0, 0.1) is 13.8 Å². The molecule has 2 unspecified atom stereocenters. The largest absolute Gasteiger partial charge is 0.444 e. The van der Waals surface area contributed by atoms with E-state index in [0.29, 0.717) is 13.1 Å². The van der Waals surface area contributed by atoms with Gasteiger partial charge in [-0.25, -0.2) is 4.79 Å². The lowest BCUT2D eigenvalue weighted by Gasteiger charge is -2.34. The number of unbranched alkanes of at least 4 members (excludes halogenated alkanes) is 3. The fraction of sp³-hybridized carbons (Fsp3) is 0.667. The fourth-order valence-electron chi connectivity index (χ4n) is 3.76. The molecule has 0 aliphatic rings. The van der Waals surface area contributed by atoms with Crippen molar-refractivity contribution in [2.24, 2.45) is 0 Å². The zero-order valence-corrected chi connectivity index (χ0v) is 22.4. The van der Waals surface area contributed by atoms with Crippen LogP contribution in [0.3, 0.4) is 0 Å². The Kier molecular flexibility index (Phi) is 12.1. The third-order valence-corrected chi connectivity index (χ3v) is 5.50. The summed E-state index contributed by atoms with van der Waals surface area (Å²) in [5.74, 6) is -0.509. The van der Waals surface area contributed by atoms with Crippen molar-refractivity contribution in [2.45, 2.75) is 105 Å². The van der Waals surface area contributed by atoms with Crippen LogP contribution in [0.2, 0.25) is 0 Å². The topological polar surface area (TPSA) is 87.7 Å². The molecule has 3 amide bonds. The molecule has 0 radical (unpaired) electrons. The number of aryl methyl sites for hydroxylation is 2. The molecule has 0 aromatic heterocycles. The maximum absolute atomic E-state index is 13.6. The van der Waals surface area contributed by atoms with Gasteiger partial charge in [0, 0.05) is 13.1 Å². The Morgan fingerprint density at radius 2 is 1.68 bits per heavy atom. The van der Waals surface area contributed by atoms with Crippen molar-refractivity contribution in [3.8, 4) is 0 Å². The highest BCUT2D eigenvalue weighted by molar-refractivity contribution is 5.92. The van der Waals surface area contributed by atoms with Gasteiger partial charge in [0.1, 0.15) is 17.7 Å². The SMILES string of the molecule is CCCCCNC(=O)C(c1ccc(C)cc1C)N(CCCC)C(=O)C(C)NC(=O)OC(C)(C)C. The van der Waals surface area contributed by atoms with E-state index in [2.05, 4.69) is 17.6 Å². The molecule has 0 aliphatic carbocycles. The Bertz CT molecular complexity index is 817. The predicted octanol–water partition coefficient (Wildman–Crippen LogP) is 5.19. The maximum Gasteiger partial charge on any atom is 0.408 e. The molecule has 192 valence electrons. The average Bonchev–Trinajstić information content (AvgIpc) is 2.73. The van der Waals surface area contributed by atoms with E-state index >= 15 is 0 Å². The van der Waals surface area contributed by atoms with Crippen LogP contribution in [0.15, 0.2) is 18.2 Å². The molecular weight excluding hydrogens is 430 g/mol. The number of amides is 3. The normalized spacial score (nSPS) is 13.1. The highest BCUT2D eigenvalue weighted by Crippen LogP contribution is 2.27. The Labute approximate surface area is 206 Å². The summed E-state index contributed by atoms with van der Waals surface area (Å²) in [4.78, 5) is 41.0. The molecule has 1 rings (SSSR count). The molecule has 2 N–H and O–H groups in total. The van der Waals surface area contributed by atoms with Crippen LogP contribution in [0.4, 0.5) is 4.79 Å². The molecule has 1 aromatic carbocycles. The molecule has 0 saturated carbocycles. The number of alkyl carbamates (subject to hydrolysis) is 1. The summed E-state index contributed by atoms with van der Waals surface area (Å²) in [6.07, 6.45) is 3.94. The molecule has 0 aliphatic heterocycles. The molecular formula is C27H45N3O4. The smallest absolute Gasteiger partial charge is 0.408 e. The van der Waals surface area contributed by atoms with Crippen molar-refractivity contribution in [3.63, 3.8) is 0 Å². The lowest BCUT2D eigenvalue weighted by atomic mass is 9.96. The van der Waals surface area contributed by atoms with Gasteiger partial charge in [-0.2, -0.15) is 0 Å². The second-order valence-corrected chi connectivity index (χ2v) is 10.0. The van der Waals surface area contributed by atoms with Crippen molar-refractivity contribution in [3.05, 3.63) is 34.9 Å². The van der Waals surface area contributed by atoms with E-state index < -0.39 is 23.8 Å². The van der Waals surface area contributed by atoms with Crippen LogP contribution >= 0.6 is 0 Å². The highest BCUT2D eigenvalue weighted by atomic mass is 16.6. The van der Waals surface area contributed by atoms with E-state index in [1.807, 2.05) is 39.0 Å². The number of carbonyl (C=O) groups is 3. The van der Waals surface area contributed by atoms with E-state index in [1.165, 1.54) is 0 Å². The maximum atomic E-state index is 13.6. The van der Waals surface area contributed by atoms with Gasteiger partial charge in [-0.05, 0) is 65.5 Å². The second kappa shape index (κ2) is 14.0. The molecule has 0 heterocycles. The van der Waals surface area contributed by atoms with E-state index in [1.54, 1.807) is 32.6 Å². The predicted molar refractivity (Wildman–Crippen MR) is 137 cm³/mol. The Morgan fingerprint density at radius 1 is 1.03 bits per heavy atom. The van der Waals surface area contributed by atoms with Crippen LogP contribution < -0.4 is 10.6 Å². The molecule has 7 heteroatoms. The number of rotatable bonds is 12. The Balaban J connectivity index is 3.28. The molecule has 0 fully saturated rings. The molecule has 34 heavy (non-hydrogen) atoms. The summed E-state index contributed by atoms with van der Waals surface area (Å²) >= 11 is 0. The van der Waals surface area contributed by atoms with Gasteiger partial charge in [0.15, 0.2) is 0 Å². The number of benzene rings is 1. The van der Waals surface area contributed by atoms with Gasteiger partial charge in [-0.1, -0.05) is 56.9 Å². The van der Waals surface area contributed by atoms with Gasteiger partial charge >= 0.3 is 6.09 Å². The quantitative estimate of drug-likeness (QED) is 0.407. The third kappa shape index (κ3) is 9.74. The zero-order chi connectivity index (χ0) is 25.9. The monoisotopic (exact) mass is 475 g/mol. The number of ether oxygens (including phenoxy) is 1. The van der Waals surface area contributed by atoms with Crippen LogP contribution in [-0.4, -0.2) is 47.5 Å².